The van der Waals surface area contributed by atoms with Crippen LogP contribution in [-0.4, -0.2) is 21.8 Å². The number of thiazole rings is 1. The van der Waals surface area contributed by atoms with Crippen LogP contribution in [0, 0.1) is 13.8 Å². The van der Waals surface area contributed by atoms with Crippen molar-refractivity contribution in [2.24, 2.45) is 0 Å². The number of halogens is 1. The molecule has 0 aliphatic carbocycles. The van der Waals surface area contributed by atoms with E-state index in [9.17, 15) is 14.7 Å². The van der Waals surface area contributed by atoms with Crippen LogP contribution < -0.4 is 4.90 Å². The largest absolute Gasteiger partial charge is 0.503 e. The van der Waals surface area contributed by atoms with Gasteiger partial charge in [0, 0.05) is 5.02 Å². The summed E-state index contributed by atoms with van der Waals surface area (Å²) in [6.07, 6.45) is 0. The van der Waals surface area contributed by atoms with Crippen LogP contribution in [0.1, 0.15) is 32.4 Å². The van der Waals surface area contributed by atoms with Gasteiger partial charge >= 0.3 is 0 Å². The molecule has 0 spiro atoms. The Morgan fingerprint density at radius 2 is 1.91 bits per heavy atom. The first-order chi connectivity index (χ1) is 15.3. The Hall–Kier alpha value is -3.00. The van der Waals surface area contributed by atoms with Crippen LogP contribution in [-0.2, 0) is 4.79 Å². The highest BCUT2D eigenvalue weighted by Gasteiger charge is 2.46. The standard InChI is InChI=1S/C24H17ClN2O3S2/c1-12-10-13(2)19-17(11-12)32-24(26-19)27-20(14-5-7-15(25)8-6-14)18(22(29)23(27)30)21(28)16-4-3-9-31-16/h3-11,20,29H,1-2H3/t20-/m0/s1. The number of aromatic nitrogens is 1. The van der Waals surface area contributed by atoms with E-state index >= 15 is 0 Å². The van der Waals surface area contributed by atoms with Crippen molar-refractivity contribution in [3.8, 4) is 0 Å². The number of Topliss-reactive ketones (excluding diaryl/α,β-unsaturated/α-hetero) is 1. The second-order valence-corrected chi connectivity index (χ2v) is 10.0. The number of benzene rings is 2. The number of ketones is 1. The molecule has 3 heterocycles. The van der Waals surface area contributed by atoms with Gasteiger partial charge in [0.15, 0.2) is 10.9 Å². The highest BCUT2D eigenvalue weighted by Crippen LogP contribution is 2.45. The second kappa shape index (κ2) is 7.85. The van der Waals surface area contributed by atoms with Crippen LogP contribution in [0.15, 0.2) is 65.2 Å². The monoisotopic (exact) mass is 480 g/mol. The molecule has 0 saturated carbocycles. The number of rotatable bonds is 4. The minimum absolute atomic E-state index is 0.0481. The van der Waals surface area contributed by atoms with Crippen LogP contribution >= 0.6 is 34.3 Å². The Balaban J connectivity index is 1.70. The SMILES string of the molecule is Cc1cc(C)c2nc(N3C(=O)C(O)=C(C(=O)c4cccs4)[C@@H]3c3ccc(Cl)cc3)sc2c1. The molecule has 4 aromatic rings. The lowest BCUT2D eigenvalue weighted by atomic mass is 9.95. The van der Waals surface area contributed by atoms with E-state index in [1.165, 1.54) is 27.6 Å². The summed E-state index contributed by atoms with van der Waals surface area (Å²) >= 11 is 8.71. The third-order valence-electron chi connectivity index (χ3n) is 5.41. The smallest absolute Gasteiger partial charge is 0.296 e. The molecule has 1 aliphatic heterocycles. The molecule has 5 nitrogen and oxygen atoms in total. The predicted octanol–water partition coefficient (Wildman–Crippen LogP) is 6.41. The number of aliphatic hydroxyl groups is 1. The first kappa shape index (κ1) is 20.9. The molecule has 1 aliphatic rings. The molecular formula is C24H17ClN2O3S2. The fourth-order valence-corrected chi connectivity index (χ4v) is 5.97. The maximum Gasteiger partial charge on any atom is 0.296 e. The van der Waals surface area contributed by atoms with Gasteiger partial charge in [-0.05, 0) is 60.2 Å². The van der Waals surface area contributed by atoms with Crippen molar-refractivity contribution in [2.75, 3.05) is 4.90 Å². The van der Waals surface area contributed by atoms with Crippen LogP contribution in [0.4, 0.5) is 5.13 Å². The van der Waals surface area contributed by atoms with E-state index in [-0.39, 0.29) is 11.4 Å². The molecular weight excluding hydrogens is 464 g/mol. The first-order valence-corrected chi connectivity index (χ1v) is 11.9. The Labute approximate surface area is 197 Å². The van der Waals surface area contributed by atoms with Crippen molar-refractivity contribution in [2.45, 2.75) is 19.9 Å². The van der Waals surface area contributed by atoms with E-state index in [0.29, 0.717) is 20.6 Å². The third kappa shape index (κ3) is 3.33. The molecule has 0 unspecified atom stereocenters. The molecule has 160 valence electrons. The van der Waals surface area contributed by atoms with E-state index < -0.39 is 17.7 Å². The van der Waals surface area contributed by atoms with E-state index in [4.69, 9.17) is 16.6 Å². The molecule has 0 saturated heterocycles. The molecule has 2 aromatic carbocycles. The average Bonchev–Trinajstić information content (AvgIpc) is 3.48. The van der Waals surface area contributed by atoms with Crippen LogP contribution in [0.3, 0.4) is 0 Å². The van der Waals surface area contributed by atoms with Gasteiger partial charge in [-0.25, -0.2) is 4.98 Å². The normalized spacial score (nSPS) is 16.4. The highest BCUT2D eigenvalue weighted by atomic mass is 35.5. The molecule has 8 heteroatoms. The lowest BCUT2D eigenvalue weighted by molar-refractivity contribution is -0.117. The molecule has 5 rings (SSSR count). The molecule has 1 atom stereocenters. The predicted molar refractivity (Wildman–Crippen MR) is 129 cm³/mol. The number of carbonyl (C=O) groups is 2. The van der Waals surface area contributed by atoms with Gasteiger partial charge in [0.2, 0.25) is 5.78 Å². The lowest BCUT2D eigenvalue weighted by Crippen LogP contribution is -2.30. The number of nitrogens with zero attached hydrogens (tertiary/aromatic N) is 2. The van der Waals surface area contributed by atoms with Gasteiger partial charge in [0.1, 0.15) is 0 Å². The molecule has 1 amide bonds. The van der Waals surface area contributed by atoms with Gasteiger partial charge in [0.05, 0.1) is 26.7 Å². The molecule has 0 bridgehead atoms. The molecule has 1 N–H and O–H groups in total. The van der Waals surface area contributed by atoms with Gasteiger partial charge in [-0.15, -0.1) is 11.3 Å². The number of aryl methyl sites for hydroxylation is 2. The minimum atomic E-state index is -0.809. The number of carbonyl (C=O) groups excluding carboxylic acids is 2. The first-order valence-electron chi connectivity index (χ1n) is 9.83. The molecule has 32 heavy (non-hydrogen) atoms. The topological polar surface area (TPSA) is 70.5 Å². The summed E-state index contributed by atoms with van der Waals surface area (Å²) in [4.78, 5) is 33.2. The highest BCUT2D eigenvalue weighted by molar-refractivity contribution is 7.22. The number of fused-ring (bicyclic) bond motifs is 1. The Kier molecular flexibility index (Phi) is 5.12. The number of hydrogen-bond donors (Lipinski definition) is 1. The fraction of sp³-hybridized carbons (Fsp3) is 0.125. The third-order valence-corrected chi connectivity index (χ3v) is 7.53. The van der Waals surface area contributed by atoms with E-state index in [2.05, 4.69) is 0 Å². The number of anilines is 1. The van der Waals surface area contributed by atoms with Crippen molar-refractivity contribution in [3.63, 3.8) is 0 Å². The molecule has 0 fully saturated rings. The summed E-state index contributed by atoms with van der Waals surface area (Å²) in [5.74, 6) is -1.56. The second-order valence-electron chi connectivity index (χ2n) is 7.62. The maximum atomic E-state index is 13.3. The molecule has 2 aromatic heterocycles. The van der Waals surface area contributed by atoms with Crippen molar-refractivity contribution < 1.29 is 14.7 Å². The summed E-state index contributed by atoms with van der Waals surface area (Å²) < 4.78 is 0.942. The van der Waals surface area contributed by atoms with Crippen molar-refractivity contribution >= 4 is 61.3 Å². The summed E-state index contributed by atoms with van der Waals surface area (Å²) in [7, 11) is 0. The van der Waals surface area contributed by atoms with Crippen LogP contribution in [0.5, 0.6) is 0 Å². The zero-order valence-corrected chi connectivity index (χ0v) is 19.5. The molecule has 0 radical (unpaired) electrons. The Morgan fingerprint density at radius 3 is 2.59 bits per heavy atom. The number of amides is 1. The number of thiophene rings is 1. The zero-order chi connectivity index (χ0) is 22.6. The van der Waals surface area contributed by atoms with Crippen molar-refractivity contribution in [1.29, 1.82) is 0 Å². The van der Waals surface area contributed by atoms with Crippen LogP contribution in [0.2, 0.25) is 5.02 Å². The number of aliphatic hydroxyl groups excluding tert-OH is 1. The van der Waals surface area contributed by atoms with E-state index in [1.54, 1.807) is 41.8 Å². The van der Waals surface area contributed by atoms with Crippen LogP contribution in [0.25, 0.3) is 10.2 Å². The van der Waals surface area contributed by atoms with Gasteiger partial charge in [-0.1, -0.05) is 47.2 Å². The Morgan fingerprint density at radius 1 is 1.16 bits per heavy atom. The lowest BCUT2D eigenvalue weighted by Gasteiger charge is -2.24. The zero-order valence-electron chi connectivity index (χ0n) is 17.1. The van der Waals surface area contributed by atoms with Gasteiger partial charge < -0.3 is 5.11 Å². The van der Waals surface area contributed by atoms with Crippen molar-refractivity contribution in [1.82, 2.24) is 4.98 Å². The number of hydrogen-bond acceptors (Lipinski definition) is 6. The van der Waals surface area contributed by atoms with Gasteiger partial charge in [-0.2, -0.15) is 0 Å². The summed E-state index contributed by atoms with van der Waals surface area (Å²) in [5, 5.41) is 13.6. The average molecular weight is 481 g/mol. The van der Waals surface area contributed by atoms with Gasteiger partial charge in [0.25, 0.3) is 5.91 Å². The summed E-state index contributed by atoms with van der Waals surface area (Å²) in [6.45, 7) is 3.98. The quantitative estimate of drug-likeness (QED) is 0.342. The minimum Gasteiger partial charge on any atom is -0.503 e. The summed E-state index contributed by atoms with van der Waals surface area (Å²) in [6, 6.07) is 13.6. The maximum absolute atomic E-state index is 13.3. The van der Waals surface area contributed by atoms with Crippen molar-refractivity contribution in [3.05, 3.63) is 91.8 Å². The van der Waals surface area contributed by atoms with Gasteiger partial charge in [-0.3, -0.25) is 14.5 Å². The van der Waals surface area contributed by atoms with E-state index in [1.807, 2.05) is 26.0 Å². The van der Waals surface area contributed by atoms with E-state index in [0.717, 1.165) is 21.3 Å². The Bertz CT molecular complexity index is 1410. The summed E-state index contributed by atoms with van der Waals surface area (Å²) in [5.41, 5.74) is 3.62. The fourth-order valence-electron chi connectivity index (χ4n) is 4.00.